The van der Waals surface area contributed by atoms with Crippen LogP contribution in [-0.2, 0) is 16.2 Å². The number of imide groups is 1. The Balaban J connectivity index is 1.43. The van der Waals surface area contributed by atoms with Gasteiger partial charge in [-0.3, -0.25) is 19.3 Å². The first-order valence-corrected chi connectivity index (χ1v) is 14.0. The maximum Gasteiger partial charge on any atom is 0.294 e. The highest BCUT2D eigenvalue weighted by Crippen LogP contribution is 2.37. The Morgan fingerprint density at radius 1 is 1.08 bits per heavy atom. The number of hydrogen-bond acceptors (Lipinski definition) is 7. The normalized spacial score (nSPS) is 14.1. The number of carbonyl (C=O) groups excluding carboxylic acids is 3. The highest BCUT2D eigenvalue weighted by molar-refractivity contribution is 14.1. The van der Waals surface area contributed by atoms with Crippen LogP contribution >= 0.6 is 34.4 Å². The molecule has 1 aliphatic heterocycles. The second-order valence-electron chi connectivity index (χ2n) is 8.59. The number of amides is 3. The van der Waals surface area contributed by atoms with Crippen LogP contribution in [0.3, 0.4) is 0 Å². The maximum atomic E-state index is 13.0. The Kier molecular flexibility index (Phi) is 9.52. The van der Waals surface area contributed by atoms with Gasteiger partial charge in [0.2, 0.25) is 5.91 Å². The fraction of sp³-hybridized carbons (Fsp3) is 0.207. The highest BCUT2D eigenvalue weighted by Gasteiger charge is 2.36. The fourth-order valence-corrected chi connectivity index (χ4v) is 5.47. The van der Waals surface area contributed by atoms with E-state index < -0.39 is 17.1 Å². The van der Waals surface area contributed by atoms with Crippen molar-refractivity contribution in [2.45, 2.75) is 20.5 Å². The van der Waals surface area contributed by atoms with Crippen LogP contribution in [0.25, 0.3) is 6.08 Å². The van der Waals surface area contributed by atoms with Crippen molar-refractivity contribution in [2.75, 3.05) is 25.6 Å². The summed E-state index contributed by atoms with van der Waals surface area (Å²) in [4.78, 5) is 39.2. The van der Waals surface area contributed by atoms with Crippen molar-refractivity contribution in [1.29, 1.82) is 0 Å². The van der Waals surface area contributed by atoms with Gasteiger partial charge in [-0.05, 0) is 102 Å². The van der Waals surface area contributed by atoms with Gasteiger partial charge in [0.1, 0.15) is 18.9 Å². The number of thioether (sulfide) groups is 1. The average Bonchev–Trinajstić information content (AvgIpc) is 3.16. The second-order valence-corrected chi connectivity index (χ2v) is 10.7. The number of benzene rings is 3. The lowest BCUT2D eigenvalue weighted by atomic mass is 10.1. The minimum Gasteiger partial charge on any atom is -0.494 e. The maximum absolute atomic E-state index is 13.0. The fourth-order valence-electron chi connectivity index (χ4n) is 3.85. The van der Waals surface area contributed by atoms with Crippen molar-refractivity contribution in [1.82, 2.24) is 4.90 Å². The summed E-state index contributed by atoms with van der Waals surface area (Å²) in [5.41, 5.74) is 3.40. The minimum absolute atomic E-state index is 0.222. The zero-order valence-electron chi connectivity index (χ0n) is 21.7. The molecule has 1 N–H and O–H groups in total. The van der Waals surface area contributed by atoms with Crippen molar-refractivity contribution in [3.63, 3.8) is 0 Å². The molecule has 0 aromatic heterocycles. The number of nitrogens with zero attached hydrogens (tertiary/aromatic N) is 1. The minimum atomic E-state index is -0.527. The summed E-state index contributed by atoms with van der Waals surface area (Å²) in [6.07, 6.45) is 1.62. The molecule has 0 aliphatic carbocycles. The van der Waals surface area contributed by atoms with Crippen LogP contribution in [0.4, 0.5) is 10.5 Å². The van der Waals surface area contributed by atoms with E-state index in [1.807, 2.05) is 38.1 Å². The molecule has 1 aliphatic rings. The van der Waals surface area contributed by atoms with E-state index in [1.54, 1.807) is 43.5 Å². The number of methoxy groups -OCH3 is 1. The Labute approximate surface area is 244 Å². The Bertz CT molecular complexity index is 1420. The van der Waals surface area contributed by atoms with Crippen molar-refractivity contribution in [3.8, 4) is 17.2 Å². The zero-order chi connectivity index (χ0) is 27.9. The predicted molar refractivity (Wildman–Crippen MR) is 160 cm³/mol. The molecule has 3 amide bonds. The largest absolute Gasteiger partial charge is 0.494 e. The standard InChI is InChI=1S/C29H27IN2O6S/c1-4-37-22-10-8-21(9-11-22)31-26(33)16-32-28(34)25(39-29(32)35)15-20-13-23(30)27(24(14-20)36-3)38-17-19-7-5-6-18(2)12-19/h5-15H,4,16-17H2,1-3H3,(H,31,33)/b25-15+. The first-order chi connectivity index (χ1) is 18.8. The molecule has 10 heteroatoms. The molecule has 3 aromatic rings. The molecule has 1 fully saturated rings. The topological polar surface area (TPSA) is 94.2 Å². The van der Waals surface area contributed by atoms with E-state index in [1.165, 1.54) is 0 Å². The van der Waals surface area contributed by atoms with Crippen LogP contribution in [0.15, 0.2) is 65.6 Å². The number of anilines is 1. The number of hydrogen-bond donors (Lipinski definition) is 1. The lowest BCUT2D eigenvalue weighted by molar-refractivity contribution is -0.127. The van der Waals surface area contributed by atoms with Gasteiger partial charge >= 0.3 is 0 Å². The first kappa shape index (κ1) is 28.5. The molecule has 3 aromatic carbocycles. The Morgan fingerprint density at radius 3 is 2.54 bits per heavy atom. The summed E-state index contributed by atoms with van der Waals surface area (Å²) in [6.45, 7) is 4.44. The molecule has 39 heavy (non-hydrogen) atoms. The van der Waals surface area contributed by atoms with Gasteiger partial charge in [-0.25, -0.2) is 0 Å². The number of carbonyl (C=O) groups is 3. The average molecular weight is 659 g/mol. The molecule has 8 nitrogen and oxygen atoms in total. The molecule has 0 saturated carbocycles. The van der Waals surface area contributed by atoms with Gasteiger partial charge in [-0.15, -0.1) is 0 Å². The summed E-state index contributed by atoms with van der Waals surface area (Å²) < 4.78 is 17.8. The van der Waals surface area contributed by atoms with Crippen LogP contribution in [0, 0.1) is 10.5 Å². The monoisotopic (exact) mass is 658 g/mol. The van der Waals surface area contributed by atoms with E-state index in [-0.39, 0.29) is 11.4 Å². The van der Waals surface area contributed by atoms with Gasteiger partial charge in [0.25, 0.3) is 11.1 Å². The number of nitrogens with one attached hydrogen (secondary N) is 1. The lowest BCUT2D eigenvalue weighted by Gasteiger charge is -2.14. The Hall–Kier alpha value is -3.51. The third-order valence-electron chi connectivity index (χ3n) is 5.64. The van der Waals surface area contributed by atoms with E-state index in [0.29, 0.717) is 41.7 Å². The van der Waals surface area contributed by atoms with E-state index in [0.717, 1.165) is 31.4 Å². The lowest BCUT2D eigenvalue weighted by Crippen LogP contribution is -2.36. The second kappa shape index (κ2) is 13.0. The molecular weight excluding hydrogens is 631 g/mol. The molecule has 0 atom stereocenters. The van der Waals surface area contributed by atoms with E-state index in [2.05, 4.69) is 34.0 Å². The van der Waals surface area contributed by atoms with E-state index in [9.17, 15) is 14.4 Å². The van der Waals surface area contributed by atoms with Crippen LogP contribution < -0.4 is 19.5 Å². The third kappa shape index (κ3) is 7.33. The van der Waals surface area contributed by atoms with Crippen molar-refractivity contribution in [2.24, 2.45) is 0 Å². The summed E-state index contributed by atoms with van der Waals surface area (Å²) in [7, 11) is 1.55. The zero-order valence-corrected chi connectivity index (χ0v) is 24.6. The number of rotatable bonds is 10. The summed E-state index contributed by atoms with van der Waals surface area (Å²) in [5, 5.41) is 2.19. The summed E-state index contributed by atoms with van der Waals surface area (Å²) in [6, 6.07) is 18.5. The molecule has 0 radical (unpaired) electrons. The smallest absolute Gasteiger partial charge is 0.294 e. The third-order valence-corrected chi connectivity index (χ3v) is 7.35. The van der Waals surface area contributed by atoms with Gasteiger partial charge in [-0.1, -0.05) is 29.8 Å². The van der Waals surface area contributed by atoms with Crippen molar-refractivity contribution < 1.29 is 28.6 Å². The molecule has 0 spiro atoms. The van der Waals surface area contributed by atoms with Crippen LogP contribution in [0.2, 0.25) is 0 Å². The first-order valence-electron chi connectivity index (χ1n) is 12.1. The molecule has 1 saturated heterocycles. The van der Waals surface area contributed by atoms with Gasteiger partial charge in [0, 0.05) is 5.69 Å². The molecule has 0 unspecified atom stereocenters. The van der Waals surface area contributed by atoms with Crippen LogP contribution in [0.1, 0.15) is 23.6 Å². The van der Waals surface area contributed by atoms with Gasteiger partial charge < -0.3 is 19.5 Å². The summed E-state index contributed by atoms with van der Waals surface area (Å²) >= 11 is 2.95. The Morgan fingerprint density at radius 2 is 1.85 bits per heavy atom. The SMILES string of the molecule is CCOc1ccc(NC(=O)CN2C(=O)S/C(=C/c3cc(I)c(OCc4cccc(C)c4)c(OC)c3)C2=O)cc1. The van der Waals surface area contributed by atoms with E-state index in [4.69, 9.17) is 14.2 Å². The molecule has 4 rings (SSSR count). The number of ether oxygens (including phenoxy) is 3. The van der Waals surface area contributed by atoms with Crippen LogP contribution in [0.5, 0.6) is 17.2 Å². The van der Waals surface area contributed by atoms with Gasteiger partial charge in [-0.2, -0.15) is 0 Å². The number of halogens is 1. The van der Waals surface area contributed by atoms with Gasteiger partial charge in [0.15, 0.2) is 11.5 Å². The highest BCUT2D eigenvalue weighted by atomic mass is 127. The molecule has 0 bridgehead atoms. The molecular formula is C29H27IN2O6S. The van der Waals surface area contributed by atoms with Crippen molar-refractivity contribution in [3.05, 3.63) is 85.8 Å². The van der Waals surface area contributed by atoms with E-state index >= 15 is 0 Å². The quantitative estimate of drug-likeness (QED) is 0.203. The number of aryl methyl sites for hydroxylation is 1. The molecule has 202 valence electrons. The predicted octanol–water partition coefficient (Wildman–Crippen LogP) is 6.26. The van der Waals surface area contributed by atoms with Crippen molar-refractivity contribution >= 4 is 63.2 Å². The van der Waals surface area contributed by atoms with Gasteiger partial charge in [0.05, 0.1) is 22.2 Å². The molecule has 1 heterocycles. The summed E-state index contributed by atoms with van der Waals surface area (Å²) in [5.74, 6) is 0.781. The van der Waals surface area contributed by atoms with Crippen LogP contribution in [-0.4, -0.2) is 42.2 Å².